The molecule has 0 amide bonds. The fraction of sp³-hybridized carbons (Fsp3) is 0.385. The van der Waals surface area contributed by atoms with Crippen LogP contribution >= 0.6 is 0 Å². The molecule has 7 nitrogen and oxygen atoms in total. The monoisotopic (exact) mass is 275 g/mol. The first-order chi connectivity index (χ1) is 9.48. The molecule has 0 atom stereocenters. The Labute approximate surface area is 115 Å². The minimum absolute atomic E-state index is 0.0757. The number of nitrogens with one attached hydrogen (secondary N) is 1. The maximum Gasteiger partial charge on any atom is 0.329 e. The van der Waals surface area contributed by atoms with Crippen molar-refractivity contribution in [1.82, 2.24) is 0 Å². The van der Waals surface area contributed by atoms with Crippen LogP contribution in [0.15, 0.2) is 18.2 Å². The Morgan fingerprint density at radius 2 is 2.10 bits per heavy atom. The summed E-state index contributed by atoms with van der Waals surface area (Å²) in [4.78, 5) is 21.5. The van der Waals surface area contributed by atoms with Crippen LogP contribution < -0.4 is 5.32 Å². The lowest BCUT2D eigenvalue weighted by atomic mass is 9.96. The zero-order chi connectivity index (χ0) is 14.8. The van der Waals surface area contributed by atoms with Crippen LogP contribution in [0.4, 0.5) is 11.4 Å². The molecule has 1 fully saturated rings. The average Bonchev–Trinajstić information content (AvgIpc) is 2.89. The summed E-state index contributed by atoms with van der Waals surface area (Å²) in [6.07, 6.45) is 2.55. The predicted octanol–water partition coefficient (Wildman–Crippen LogP) is 2.28. The number of hydrogen-bond donors (Lipinski definition) is 2. The van der Waals surface area contributed by atoms with Crippen LogP contribution in [0.25, 0.3) is 0 Å². The number of carboxylic acids is 1. The van der Waals surface area contributed by atoms with Crippen molar-refractivity contribution in [1.29, 1.82) is 5.26 Å². The molecule has 0 heterocycles. The number of aliphatic carboxylic acids is 1. The molecule has 1 saturated carbocycles. The Balaban J connectivity index is 2.36. The van der Waals surface area contributed by atoms with E-state index in [-0.39, 0.29) is 11.3 Å². The summed E-state index contributed by atoms with van der Waals surface area (Å²) in [5.74, 6) is -0.961. The van der Waals surface area contributed by atoms with Gasteiger partial charge >= 0.3 is 5.97 Å². The first-order valence-corrected chi connectivity index (χ1v) is 6.19. The molecule has 1 aliphatic rings. The van der Waals surface area contributed by atoms with E-state index in [1.807, 2.05) is 6.07 Å². The number of anilines is 1. The number of carboxylic acid groups (broad SMARTS) is 1. The van der Waals surface area contributed by atoms with Gasteiger partial charge in [0.15, 0.2) is 0 Å². The number of nitro groups is 1. The smallest absolute Gasteiger partial charge is 0.329 e. The third-order valence-electron chi connectivity index (χ3n) is 3.57. The van der Waals surface area contributed by atoms with E-state index in [0.717, 1.165) is 18.9 Å². The molecule has 1 aliphatic carbocycles. The van der Waals surface area contributed by atoms with Crippen LogP contribution in [0.1, 0.15) is 31.2 Å². The molecule has 20 heavy (non-hydrogen) atoms. The number of rotatable bonds is 4. The van der Waals surface area contributed by atoms with Crippen molar-refractivity contribution in [2.24, 2.45) is 0 Å². The SMILES string of the molecule is N#Cc1cc([N+](=O)[O-])ccc1NC1(C(=O)O)CCCC1. The zero-order valence-electron chi connectivity index (χ0n) is 10.6. The maximum absolute atomic E-state index is 11.4. The van der Waals surface area contributed by atoms with Crippen molar-refractivity contribution in [3.63, 3.8) is 0 Å². The van der Waals surface area contributed by atoms with E-state index in [4.69, 9.17) is 5.26 Å². The number of nitro benzene ring substituents is 1. The normalized spacial score (nSPS) is 16.4. The molecule has 0 saturated heterocycles. The van der Waals surface area contributed by atoms with Gasteiger partial charge in [-0.15, -0.1) is 0 Å². The van der Waals surface area contributed by atoms with E-state index < -0.39 is 16.4 Å². The number of nitriles is 1. The lowest BCUT2D eigenvalue weighted by Crippen LogP contribution is -2.43. The molecule has 0 aliphatic heterocycles. The summed E-state index contributed by atoms with van der Waals surface area (Å²) >= 11 is 0. The summed E-state index contributed by atoms with van der Waals surface area (Å²) in [6.45, 7) is 0. The van der Waals surface area contributed by atoms with Gasteiger partial charge in [0.2, 0.25) is 0 Å². The van der Waals surface area contributed by atoms with Crippen molar-refractivity contribution < 1.29 is 14.8 Å². The van der Waals surface area contributed by atoms with Crippen molar-refractivity contribution in [3.8, 4) is 6.07 Å². The molecule has 104 valence electrons. The number of hydrogen-bond acceptors (Lipinski definition) is 5. The summed E-state index contributed by atoms with van der Waals surface area (Å²) in [7, 11) is 0. The minimum atomic E-state index is -1.08. The number of non-ortho nitro benzene ring substituents is 1. The van der Waals surface area contributed by atoms with Crippen LogP contribution in [0, 0.1) is 21.4 Å². The molecular formula is C13H13N3O4. The summed E-state index contributed by atoms with van der Waals surface area (Å²) < 4.78 is 0. The third kappa shape index (κ3) is 2.40. The van der Waals surface area contributed by atoms with Crippen LogP contribution in [0.2, 0.25) is 0 Å². The molecule has 2 rings (SSSR count). The van der Waals surface area contributed by atoms with Gasteiger partial charge in [0, 0.05) is 12.1 Å². The van der Waals surface area contributed by atoms with E-state index in [0.29, 0.717) is 18.5 Å². The molecule has 1 aromatic rings. The van der Waals surface area contributed by atoms with Crippen LogP contribution in [0.3, 0.4) is 0 Å². The first-order valence-electron chi connectivity index (χ1n) is 6.19. The van der Waals surface area contributed by atoms with E-state index >= 15 is 0 Å². The second kappa shape index (κ2) is 5.17. The van der Waals surface area contributed by atoms with Gasteiger partial charge in [0.05, 0.1) is 16.2 Å². The fourth-order valence-electron chi connectivity index (χ4n) is 2.48. The van der Waals surface area contributed by atoms with E-state index in [1.54, 1.807) is 0 Å². The number of nitrogens with zero attached hydrogens (tertiary/aromatic N) is 2. The number of benzene rings is 1. The topological polar surface area (TPSA) is 116 Å². The van der Waals surface area contributed by atoms with Gasteiger partial charge in [-0.1, -0.05) is 12.8 Å². The van der Waals surface area contributed by atoms with Crippen molar-refractivity contribution in [2.75, 3.05) is 5.32 Å². The standard InChI is InChI=1S/C13H13N3O4/c14-8-9-7-10(16(19)20)3-4-11(9)15-13(12(17)18)5-1-2-6-13/h3-4,7,15H,1-2,5-6H2,(H,17,18). The minimum Gasteiger partial charge on any atom is -0.480 e. The van der Waals surface area contributed by atoms with Gasteiger partial charge in [0.1, 0.15) is 11.6 Å². The van der Waals surface area contributed by atoms with E-state index in [9.17, 15) is 20.0 Å². The van der Waals surface area contributed by atoms with Crippen molar-refractivity contribution >= 4 is 17.3 Å². The highest BCUT2D eigenvalue weighted by atomic mass is 16.6. The highest BCUT2D eigenvalue weighted by Gasteiger charge is 2.41. The molecule has 0 unspecified atom stereocenters. The summed E-state index contributed by atoms with van der Waals surface area (Å²) in [5.41, 5.74) is -0.876. The van der Waals surface area contributed by atoms with Gasteiger partial charge < -0.3 is 10.4 Å². The summed E-state index contributed by atoms with van der Waals surface area (Å²) in [5, 5.41) is 32.0. The highest BCUT2D eigenvalue weighted by molar-refractivity contribution is 5.84. The van der Waals surface area contributed by atoms with E-state index in [2.05, 4.69) is 5.32 Å². The van der Waals surface area contributed by atoms with Gasteiger partial charge in [0.25, 0.3) is 5.69 Å². The lowest BCUT2D eigenvalue weighted by Gasteiger charge is -2.27. The Morgan fingerprint density at radius 1 is 1.45 bits per heavy atom. The first kappa shape index (κ1) is 13.8. The van der Waals surface area contributed by atoms with Crippen molar-refractivity contribution in [3.05, 3.63) is 33.9 Å². The van der Waals surface area contributed by atoms with Crippen LogP contribution in [0.5, 0.6) is 0 Å². The van der Waals surface area contributed by atoms with Gasteiger partial charge in [-0.3, -0.25) is 10.1 Å². The molecule has 0 spiro atoms. The molecule has 1 aromatic carbocycles. The second-order valence-corrected chi connectivity index (χ2v) is 4.82. The number of carbonyl (C=O) groups is 1. The molecule has 2 N–H and O–H groups in total. The Morgan fingerprint density at radius 3 is 2.60 bits per heavy atom. The quantitative estimate of drug-likeness (QED) is 0.643. The van der Waals surface area contributed by atoms with E-state index in [1.165, 1.54) is 12.1 Å². The van der Waals surface area contributed by atoms with Crippen LogP contribution in [-0.2, 0) is 4.79 Å². The zero-order valence-corrected chi connectivity index (χ0v) is 10.6. The van der Waals surface area contributed by atoms with Crippen LogP contribution in [-0.4, -0.2) is 21.5 Å². The third-order valence-corrected chi connectivity index (χ3v) is 3.57. The van der Waals surface area contributed by atoms with Gasteiger partial charge in [-0.05, 0) is 18.9 Å². The molecule has 0 aromatic heterocycles. The molecule has 0 radical (unpaired) electrons. The fourth-order valence-corrected chi connectivity index (χ4v) is 2.48. The largest absolute Gasteiger partial charge is 0.480 e. The molecule has 0 bridgehead atoms. The Hall–Kier alpha value is -2.62. The summed E-state index contributed by atoms with van der Waals surface area (Å²) in [6, 6.07) is 5.65. The Kier molecular flexibility index (Phi) is 3.57. The maximum atomic E-state index is 11.4. The average molecular weight is 275 g/mol. The predicted molar refractivity (Wildman–Crippen MR) is 70.3 cm³/mol. The van der Waals surface area contributed by atoms with Crippen molar-refractivity contribution in [2.45, 2.75) is 31.2 Å². The molecule has 7 heteroatoms. The lowest BCUT2D eigenvalue weighted by molar-refractivity contribution is -0.384. The van der Waals surface area contributed by atoms with Gasteiger partial charge in [-0.25, -0.2) is 4.79 Å². The second-order valence-electron chi connectivity index (χ2n) is 4.82. The Bertz CT molecular complexity index is 600. The van der Waals surface area contributed by atoms with Gasteiger partial charge in [-0.2, -0.15) is 5.26 Å². The molecular weight excluding hydrogens is 262 g/mol. The highest BCUT2D eigenvalue weighted by Crippen LogP contribution is 2.35.